The average molecular weight is 492 g/mol. The number of hydrogen-bond donors (Lipinski definition) is 0. The first-order chi connectivity index (χ1) is 17.1. The Morgan fingerprint density at radius 2 is 0.771 bits per heavy atom. The van der Waals surface area contributed by atoms with Crippen molar-refractivity contribution in [3.05, 3.63) is 0 Å². The van der Waals surface area contributed by atoms with Crippen LogP contribution >= 0.6 is 0 Å². The largest absolute Gasteiger partial charge is 0.306 e. The third kappa shape index (κ3) is 19.7. The lowest BCUT2D eigenvalue weighted by molar-refractivity contribution is 0.251. The molecule has 1 aliphatic carbocycles. The van der Waals surface area contributed by atoms with E-state index >= 15 is 0 Å². The molecular formula is C34H69N. The molecule has 0 aliphatic heterocycles. The fraction of sp³-hybridized carbons (Fsp3) is 1.00. The van der Waals surface area contributed by atoms with E-state index in [4.69, 9.17) is 0 Å². The van der Waals surface area contributed by atoms with Crippen LogP contribution in [0.4, 0.5) is 0 Å². The van der Waals surface area contributed by atoms with Gasteiger partial charge in [0.25, 0.3) is 0 Å². The van der Waals surface area contributed by atoms with E-state index in [1.807, 2.05) is 0 Å². The van der Waals surface area contributed by atoms with E-state index in [1.54, 1.807) is 25.7 Å². The molecule has 1 fully saturated rings. The molecule has 1 unspecified atom stereocenters. The minimum Gasteiger partial charge on any atom is -0.306 e. The molecule has 1 nitrogen and oxygen atoms in total. The monoisotopic (exact) mass is 492 g/mol. The van der Waals surface area contributed by atoms with Crippen LogP contribution in [0, 0.1) is 5.41 Å². The van der Waals surface area contributed by atoms with E-state index < -0.39 is 0 Å². The van der Waals surface area contributed by atoms with Crippen LogP contribution in [0.1, 0.15) is 194 Å². The highest BCUT2D eigenvalue weighted by molar-refractivity contribution is 4.92. The Morgan fingerprint density at radius 1 is 0.457 bits per heavy atom. The molecule has 0 aromatic heterocycles. The van der Waals surface area contributed by atoms with Gasteiger partial charge < -0.3 is 4.90 Å². The SMILES string of the molecule is CCCCCCCCCC(CCCCCCCCCCCC1(CCCCCCCC)CC1)N(C)C. The van der Waals surface area contributed by atoms with Gasteiger partial charge in [0.1, 0.15) is 0 Å². The van der Waals surface area contributed by atoms with Gasteiger partial charge in [-0.3, -0.25) is 0 Å². The molecule has 0 heterocycles. The van der Waals surface area contributed by atoms with Crippen molar-refractivity contribution in [1.29, 1.82) is 0 Å². The van der Waals surface area contributed by atoms with Crippen molar-refractivity contribution in [2.45, 2.75) is 200 Å². The summed E-state index contributed by atoms with van der Waals surface area (Å²) in [4.78, 5) is 2.50. The standard InChI is InChI=1S/C34H69N/c1-5-7-9-11-16-19-23-27-33(35(3)4)28-24-20-17-14-13-15-18-22-26-30-34(31-32-34)29-25-21-12-10-8-6-2/h33H,5-32H2,1-4H3. The van der Waals surface area contributed by atoms with Gasteiger partial charge in [-0.15, -0.1) is 0 Å². The Bertz CT molecular complexity index is 424. The molecule has 1 saturated carbocycles. The first kappa shape index (κ1) is 33.0. The number of unbranched alkanes of at least 4 members (excludes halogenated alkanes) is 19. The molecule has 0 bridgehead atoms. The molecule has 35 heavy (non-hydrogen) atoms. The molecule has 0 saturated heterocycles. The zero-order valence-electron chi connectivity index (χ0n) is 25.3. The topological polar surface area (TPSA) is 3.24 Å². The maximum Gasteiger partial charge on any atom is 0.00891 e. The summed E-state index contributed by atoms with van der Waals surface area (Å²) in [5.41, 5.74) is 0.823. The van der Waals surface area contributed by atoms with E-state index in [0.717, 1.165) is 11.5 Å². The number of nitrogens with zero attached hydrogens (tertiary/aromatic N) is 1. The minimum absolute atomic E-state index is 0.821. The van der Waals surface area contributed by atoms with Crippen molar-refractivity contribution in [3.63, 3.8) is 0 Å². The average Bonchev–Trinajstić information content (AvgIpc) is 3.62. The Labute approximate surface area is 224 Å². The summed E-state index contributed by atoms with van der Waals surface area (Å²) in [6.07, 6.45) is 41.2. The van der Waals surface area contributed by atoms with E-state index in [9.17, 15) is 0 Å². The van der Waals surface area contributed by atoms with Crippen molar-refractivity contribution in [1.82, 2.24) is 4.90 Å². The van der Waals surface area contributed by atoms with E-state index in [0.29, 0.717) is 0 Å². The Morgan fingerprint density at radius 3 is 1.09 bits per heavy atom. The fourth-order valence-electron chi connectivity index (χ4n) is 6.20. The molecular weight excluding hydrogens is 422 g/mol. The second kappa shape index (κ2) is 23.1. The molecule has 1 heteroatoms. The summed E-state index contributed by atoms with van der Waals surface area (Å²) in [7, 11) is 4.59. The molecule has 0 aromatic carbocycles. The third-order valence-corrected chi connectivity index (χ3v) is 9.13. The smallest absolute Gasteiger partial charge is 0.00891 e. The van der Waals surface area contributed by atoms with Crippen LogP contribution in [0.2, 0.25) is 0 Å². The highest BCUT2D eigenvalue weighted by atomic mass is 15.1. The molecule has 0 aromatic rings. The zero-order chi connectivity index (χ0) is 25.5. The normalized spacial score (nSPS) is 15.7. The predicted molar refractivity (Wildman–Crippen MR) is 161 cm³/mol. The van der Waals surface area contributed by atoms with Gasteiger partial charge in [-0.1, -0.05) is 155 Å². The van der Waals surface area contributed by atoms with Crippen LogP contribution in [0.3, 0.4) is 0 Å². The first-order valence-corrected chi connectivity index (χ1v) is 16.8. The molecule has 1 atom stereocenters. The van der Waals surface area contributed by atoms with E-state index in [2.05, 4.69) is 32.8 Å². The van der Waals surface area contributed by atoms with E-state index in [-0.39, 0.29) is 0 Å². The zero-order valence-corrected chi connectivity index (χ0v) is 25.3. The second-order valence-electron chi connectivity index (χ2n) is 12.8. The van der Waals surface area contributed by atoms with Gasteiger partial charge in [-0.05, 0) is 58.0 Å². The molecule has 210 valence electrons. The lowest BCUT2D eigenvalue weighted by atomic mass is 9.91. The maximum atomic E-state index is 2.50. The van der Waals surface area contributed by atoms with Crippen molar-refractivity contribution < 1.29 is 0 Å². The first-order valence-electron chi connectivity index (χ1n) is 16.8. The Hall–Kier alpha value is -0.0400. The summed E-state index contributed by atoms with van der Waals surface area (Å²) < 4.78 is 0. The van der Waals surface area contributed by atoms with Crippen LogP contribution in [0.25, 0.3) is 0 Å². The van der Waals surface area contributed by atoms with Crippen molar-refractivity contribution in [2.75, 3.05) is 14.1 Å². The number of rotatable bonds is 28. The molecule has 0 amide bonds. The molecule has 1 rings (SSSR count). The highest BCUT2D eigenvalue weighted by Crippen LogP contribution is 2.53. The maximum absolute atomic E-state index is 2.50. The van der Waals surface area contributed by atoms with Crippen LogP contribution in [-0.4, -0.2) is 25.0 Å². The molecule has 0 spiro atoms. The van der Waals surface area contributed by atoms with Crippen LogP contribution < -0.4 is 0 Å². The van der Waals surface area contributed by atoms with E-state index in [1.165, 1.54) is 154 Å². The Kier molecular flexibility index (Phi) is 21.8. The lowest BCUT2D eigenvalue weighted by Crippen LogP contribution is -2.27. The van der Waals surface area contributed by atoms with Crippen LogP contribution in [0.5, 0.6) is 0 Å². The van der Waals surface area contributed by atoms with Gasteiger partial charge in [0.05, 0.1) is 0 Å². The van der Waals surface area contributed by atoms with Crippen molar-refractivity contribution in [3.8, 4) is 0 Å². The van der Waals surface area contributed by atoms with Gasteiger partial charge in [-0.2, -0.15) is 0 Å². The summed E-state index contributed by atoms with van der Waals surface area (Å²) in [6, 6.07) is 0.821. The fourth-order valence-corrected chi connectivity index (χ4v) is 6.20. The second-order valence-corrected chi connectivity index (χ2v) is 12.8. The van der Waals surface area contributed by atoms with Crippen LogP contribution in [-0.2, 0) is 0 Å². The van der Waals surface area contributed by atoms with Gasteiger partial charge in [-0.25, -0.2) is 0 Å². The summed E-state index contributed by atoms with van der Waals surface area (Å²) in [5.74, 6) is 0. The van der Waals surface area contributed by atoms with Gasteiger partial charge >= 0.3 is 0 Å². The molecule has 0 radical (unpaired) electrons. The summed E-state index contributed by atoms with van der Waals surface area (Å²) in [5, 5.41) is 0. The predicted octanol–water partition coefficient (Wildman–Crippen LogP) is 11.9. The molecule has 1 aliphatic rings. The molecule has 0 N–H and O–H groups in total. The summed E-state index contributed by atoms with van der Waals surface area (Å²) in [6.45, 7) is 4.63. The lowest BCUT2D eigenvalue weighted by Gasteiger charge is -2.24. The van der Waals surface area contributed by atoms with Gasteiger partial charge in [0.2, 0.25) is 0 Å². The van der Waals surface area contributed by atoms with Gasteiger partial charge in [0, 0.05) is 6.04 Å². The third-order valence-electron chi connectivity index (χ3n) is 9.13. The minimum atomic E-state index is 0.821. The van der Waals surface area contributed by atoms with Crippen molar-refractivity contribution in [2.24, 2.45) is 5.41 Å². The Balaban J connectivity index is 1.87. The quantitative estimate of drug-likeness (QED) is 0.0983. The highest BCUT2D eigenvalue weighted by Gasteiger charge is 2.40. The summed E-state index contributed by atoms with van der Waals surface area (Å²) >= 11 is 0. The van der Waals surface area contributed by atoms with Gasteiger partial charge in [0.15, 0.2) is 0 Å². The number of hydrogen-bond acceptors (Lipinski definition) is 1. The van der Waals surface area contributed by atoms with Crippen LogP contribution in [0.15, 0.2) is 0 Å². The van der Waals surface area contributed by atoms with Crippen molar-refractivity contribution >= 4 is 0 Å².